The Balaban J connectivity index is 2.68. The van der Waals surface area contributed by atoms with E-state index in [4.69, 9.17) is 5.11 Å². The molecule has 78 valence electrons. The van der Waals surface area contributed by atoms with E-state index in [9.17, 15) is 18.0 Å². The quantitative estimate of drug-likeness (QED) is 0.824. The summed E-state index contributed by atoms with van der Waals surface area (Å²) in [6.45, 7) is -0.363. The fraction of sp³-hybridized carbons (Fsp3) is 0.375. The van der Waals surface area contributed by atoms with Crippen molar-refractivity contribution in [2.75, 3.05) is 0 Å². The van der Waals surface area contributed by atoms with Gasteiger partial charge in [-0.15, -0.1) is 0 Å². The summed E-state index contributed by atoms with van der Waals surface area (Å²) < 4.78 is 36.5. The third kappa shape index (κ3) is 2.79. The molecular weight excluding hydrogens is 199 g/mol. The SMILES string of the molecule is O=C(O)c1cccn1CCC(F)(F)F. The summed E-state index contributed by atoms with van der Waals surface area (Å²) in [7, 11) is 0. The van der Waals surface area contributed by atoms with Crippen LogP contribution < -0.4 is 0 Å². The van der Waals surface area contributed by atoms with Crippen molar-refractivity contribution in [3.63, 3.8) is 0 Å². The summed E-state index contributed by atoms with van der Waals surface area (Å²) >= 11 is 0. The number of aryl methyl sites for hydroxylation is 1. The van der Waals surface area contributed by atoms with Crippen molar-refractivity contribution in [3.05, 3.63) is 24.0 Å². The number of halogens is 3. The number of hydrogen-bond donors (Lipinski definition) is 1. The molecule has 0 saturated heterocycles. The number of carboxylic acid groups (broad SMARTS) is 1. The van der Waals surface area contributed by atoms with Crippen LogP contribution in [0.5, 0.6) is 0 Å². The first kappa shape index (κ1) is 10.6. The first-order valence-electron chi connectivity index (χ1n) is 3.85. The van der Waals surface area contributed by atoms with Gasteiger partial charge in [0.2, 0.25) is 0 Å². The molecule has 1 N–H and O–H groups in total. The van der Waals surface area contributed by atoms with E-state index in [0.29, 0.717) is 0 Å². The smallest absolute Gasteiger partial charge is 0.390 e. The summed E-state index contributed by atoms with van der Waals surface area (Å²) in [6, 6.07) is 2.67. The Bertz CT molecular complexity index is 330. The second-order valence-corrected chi connectivity index (χ2v) is 2.76. The molecule has 0 aliphatic carbocycles. The highest BCUT2D eigenvalue weighted by atomic mass is 19.4. The van der Waals surface area contributed by atoms with E-state index >= 15 is 0 Å². The Morgan fingerprint density at radius 3 is 2.64 bits per heavy atom. The highest BCUT2D eigenvalue weighted by Crippen LogP contribution is 2.20. The van der Waals surface area contributed by atoms with Crippen LogP contribution in [0.15, 0.2) is 18.3 Å². The highest BCUT2D eigenvalue weighted by molar-refractivity contribution is 5.85. The standard InChI is InChI=1S/C8H8F3NO2/c9-8(10,11)3-5-12-4-1-2-6(12)7(13)14/h1-2,4H,3,5H2,(H,13,14). The summed E-state index contributed by atoms with van der Waals surface area (Å²) in [6.07, 6.45) is -3.98. The van der Waals surface area contributed by atoms with Gasteiger partial charge < -0.3 is 9.67 Å². The first-order chi connectivity index (χ1) is 6.40. The van der Waals surface area contributed by atoms with Gasteiger partial charge in [-0.1, -0.05) is 0 Å². The number of rotatable bonds is 3. The second kappa shape index (κ2) is 3.73. The molecule has 6 heteroatoms. The lowest BCUT2D eigenvalue weighted by Crippen LogP contribution is -2.14. The van der Waals surface area contributed by atoms with Gasteiger partial charge in [-0.3, -0.25) is 0 Å². The zero-order valence-electron chi connectivity index (χ0n) is 7.08. The summed E-state index contributed by atoms with van der Waals surface area (Å²) in [5, 5.41) is 8.58. The van der Waals surface area contributed by atoms with Crippen LogP contribution in [0.4, 0.5) is 13.2 Å². The Morgan fingerprint density at radius 2 is 2.14 bits per heavy atom. The summed E-state index contributed by atoms with van der Waals surface area (Å²) in [5.41, 5.74) is -0.130. The molecule has 0 fully saturated rings. The predicted octanol–water partition coefficient (Wildman–Crippen LogP) is 2.14. The molecule has 0 aromatic carbocycles. The van der Waals surface area contributed by atoms with Crippen LogP contribution in [-0.4, -0.2) is 21.8 Å². The zero-order valence-corrected chi connectivity index (χ0v) is 7.08. The van der Waals surface area contributed by atoms with Crippen LogP contribution >= 0.6 is 0 Å². The van der Waals surface area contributed by atoms with E-state index in [-0.39, 0.29) is 12.2 Å². The van der Waals surface area contributed by atoms with Gasteiger partial charge in [0.1, 0.15) is 5.69 Å². The molecular formula is C8H8F3NO2. The Hall–Kier alpha value is -1.46. The average molecular weight is 207 g/mol. The largest absolute Gasteiger partial charge is 0.477 e. The topological polar surface area (TPSA) is 42.2 Å². The van der Waals surface area contributed by atoms with Crippen molar-refractivity contribution < 1.29 is 23.1 Å². The van der Waals surface area contributed by atoms with Crippen LogP contribution in [0.2, 0.25) is 0 Å². The normalized spacial score (nSPS) is 11.6. The molecule has 0 bridgehead atoms. The zero-order chi connectivity index (χ0) is 10.8. The number of aromatic nitrogens is 1. The van der Waals surface area contributed by atoms with Crippen molar-refractivity contribution in [3.8, 4) is 0 Å². The minimum atomic E-state index is -4.26. The monoisotopic (exact) mass is 207 g/mol. The van der Waals surface area contributed by atoms with Gasteiger partial charge in [-0.2, -0.15) is 13.2 Å². The number of carboxylic acids is 1. The molecule has 0 amide bonds. The minimum absolute atomic E-state index is 0.130. The molecule has 0 aliphatic heterocycles. The van der Waals surface area contributed by atoms with Crippen LogP contribution in [0.1, 0.15) is 16.9 Å². The number of hydrogen-bond acceptors (Lipinski definition) is 1. The Kier molecular flexibility index (Phi) is 2.83. The van der Waals surface area contributed by atoms with E-state index in [1.165, 1.54) is 18.3 Å². The third-order valence-corrected chi connectivity index (χ3v) is 1.68. The van der Waals surface area contributed by atoms with Crippen molar-refractivity contribution in [1.82, 2.24) is 4.57 Å². The lowest BCUT2D eigenvalue weighted by atomic mass is 10.4. The van der Waals surface area contributed by atoms with E-state index in [1.54, 1.807) is 0 Å². The molecule has 1 heterocycles. The predicted molar refractivity (Wildman–Crippen MR) is 42.1 cm³/mol. The molecule has 0 aliphatic rings. The number of alkyl halides is 3. The van der Waals surface area contributed by atoms with Crippen LogP contribution in [0, 0.1) is 0 Å². The van der Waals surface area contributed by atoms with Crippen LogP contribution in [0.25, 0.3) is 0 Å². The fourth-order valence-corrected chi connectivity index (χ4v) is 1.05. The van der Waals surface area contributed by atoms with E-state index in [2.05, 4.69) is 0 Å². The van der Waals surface area contributed by atoms with Crippen molar-refractivity contribution >= 4 is 5.97 Å². The first-order valence-corrected chi connectivity index (χ1v) is 3.85. The van der Waals surface area contributed by atoms with E-state index < -0.39 is 18.6 Å². The third-order valence-electron chi connectivity index (χ3n) is 1.68. The van der Waals surface area contributed by atoms with Gasteiger partial charge in [-0.05, 0) is 12.1 Å². The van der Waals surface area contributed by atoms with Gasteiger partial charge in [0.25, 0.3) is 0 Å². The summed E-state index contributed by atoms with van der Waals surface area (Å²) in [4.78, 5) is 10.5. The van der Waals surface area contributed by atoms with Gasteiger partial charge in [0.15, 0.2) is 0 Å². The maximum atomic E-state index is 11.8. The van der Waals surface area contributed by atoms with Crippen LogP contribution in [-0.2, 0) is 6.54 Å². The molecule has 1 aromatic heterocycles. The minimum Gasteiger partial charge on any atom is -0.477 e. The van der Waals surface area contributed by atoms with Gasteiger partial charge in [-0.25, -0.2) is 4.79 Å². The molecule has 0 radical (unpaired) electrons. The van der Waals surface area contributed by atoms with Crippen molar-refractivity contribution in [1.29, 1.82) is 0 Å². The lowest BCUT2D eigenvalue weighted by molar-refractivity contribution is -0.136. The maximum Gasteiger partial charge on any atom is 0.390 e. The molecule has 1 aromatic rings. The van der Waals surface area contributed by atoms with E-state index in [1.807, 2.05) is 0 Å². The number of nitrogens with zero attached hydrogens (tertiary/aromatic N) is 1. The molecule has 0 unspecified atom stereocenters. The average Bonchev–Trinajstić information content (AvgIpc) is 2.46. The van der Waals surface area contributed by atoms with Gasteiger partial charge >= 0.3 is 12.1 Å². The van der Waals surface area contributed by atoms with Crippen LogP contribution in [0.3, 0.4) is 0 Å². The van der Waals surface area contributed by atoms with Gasteiger partial charge in [0, 0.05) is 12.7 Å². The molecule has 0 spiro atoms. The molecule has 0 saturated carbocycles. The Morgan fingerprint density at radius 1 is 1.50 bits per heavy atom. The molecule has 0 atom stereocenters. The number of aromatic carboxylic acids is 1. The van der Waals surface area contributed by atoms with Gasteiger partial charge in [0.05, 0.1) is 6.42 Å². The highest BCUT2D eigenvalue weighted by Gasteiger charge is 2.27. The Labute approximate surface area is 77.8 Å². The maximum absolute atomic E-state index is 11.8. The van der Waals surface area contributed by atoms with Crippen molar-refractivity contribution in [2.45, 2.75) is 19.1 Å². The molecule has 3 nitrogen and oxygen atoms in total. The summed E-state index contributed by atoms with van der Waals surface area (Å²) in [5.74, 6) is -1.22. The molecule has 14 heavy (non-hydrogen) atoms. The fourth-order valence-electron chi connectivity index (χ4n) is 1.05. The van der Waals surface area contributed by atoms with Crippen molar-refractivity contribution in [2.24, 2.45) is 0 Å². The lowest BCUT2D eigenvalue weighted by Gasteiger charge is -2.08. The molecule has 1 rings (SSSR count). The van der Waals surface area contributed by atoms with E-state index in [0.717, 1.165) is 4.57 Å². The second-order valence-electron chi connectivity index (χ2n) is 2.76. The number of carbonyl (C=O) groups is 1.